The summed E-state index contributed by atoms with van der Waals surface area (Å²) in [5.41, 5.74) is 1.81. The van der Waals surface area contributed by atoms with Crippen LogP contribution in [0.15, 0.2) is 70.1 Å². The Balaban J connectivity index is 1.85. The number of aryl methyl sites for hydroxylation is 2. The maximum Gasteiger partial charge on any atom is 0.312 e. The third-order valence-electron chi connectivity index (χ3n) is 4.92. The predicted molar refractivity (Wildman–Crippen MR) is 116 cm³/mol. The quantitative estimate of drug-likeness (QED) is 0.425. The van der Waals surface area contributed by atoms with Crippen LogP contribution in [0, 0.1) is 13.8 Å². The molecular weight excluding hydrogens is 418 g/mol. The van der Waals surface area contributed by atoms with Gasteiger partial charge in [0.2, 0.25) is 5.75 Å². The average molecular weight is 438 g/mol. The Morgan fingerprint density at radius 3 is 2.32 bits per heavy atom. The Kier molecular flexibility index (Phi) is 5.77. The van der Waals surface area contributed by atoms with Crippen LogP contribution in [-0.2, 0) is 0 Å². The fourth-order valence-electron chi connectivity index (χ4n) is 3.41. The number of nitrogens with zero attached hydrogens (tertiary/aromatic N) is 3. The summed E-state index contributed by atoms with van der Waals surface area (Å²) in [7, 11) is 1.58. The summed E-state index contributed by atoms with van der Waals surface area (Å²) in [4.78, 5) is 13.5. The topological polar surface area (TPSA) is 79.4 Å². The van der Waals surface area contributed by atoms with Crippen molar-refractivity contribution in [2.45, 2.75) is 19.9 Å². The van der Waals surface area contributed by atoms with Gasteiger partial charge in [-0.05, 0) is 43.7 Å². The number of hydrogen-bond donors (Lipinski definition) is 0. The van der Waals surface area contributed by atoms with Gasteiger partial charge in [-0.25, -0.2) is 4.68 Å². The number of benzene rings is 2. The van der Waals surface area contributed by atoms with E-state index in [4.69, 9.17) is 25.6 Å². The second-order valence-corrected chi connectivity index (χ2v) is 7.31. The van der Waals surface area contributed by atoms with Crippen molar-refractivity contribution in [3.63, 3.8) is 0 Å². The van der Waals surface area contributed by atoms with Gasteiger partial charge in [0.05, 0.1) is 19.0 Å². The van der Waals surface area contributed by atoms with Gasteiger partial charge in [-0.3, -0.25) is 4.79 Å². The van der Waals surface area contributed by atoms with Crippen LogP contribution < -0.4 is 15.0 Å². The molecule has 8 heteroatoms. The Morgan fingerprint density at radius 2 is 1.71 bits per heavy atom. The van der Waals surface area contributed by atoms with E-state index >= 15 is 0 Å². The van der Waals surface area contributed by atoms with Gasteiger partial charge in [-0.2, -0.15) is 5.10 Å². The first-order chi connectivity index (χ1) is 15.0. The van der Waals surface area contributed by atoms with Crippen LogP contribution in [0.25, 0.3) is 0 Å². The minimum absolute atomic E-state index is 0.0190. The summed E-state index contributed by atoms with van der Waals surface area (Å²) in [5, 5.41) is 8.49. The van der Waals surface area contributed by atoms with Crippen LogP contribution in [0.2, 0.25) is 5.02 Å². The normalized spacial score (nSPS) is 11.9. The van der Waals surface area contributed by atoms with E-state index in [1.807, 2.05) is 37.3 Å². The molecule has 1 atom stereocenters. The lowest BCUT2D eigenvalue weighted by atomic mass is 9.97. The maximum absolute atomic E-state index is 13.5. The number of halogens is 1. The van der Waals surface area contributed by atoms with Crippen molar-refractivity contribution in [1.82, 2.24) is 14.9 Å². The molecular formula is C23H20ClN3O4. The van der Waals surface area contributed by atoms with E-state index in [0.717, 1.165) is 11.1 Å². The van der Waals surface area contributed by atoms with Crippen molar-refractivity contribution in [3.8, 4) is 17.2 Å². The summed E-state index contributed by atoms with van der Waals surface area (Å²) in [6.45, 7) is 3.64. The third kappa shape index (κ3) is 4.04. The molecule has 0 radical (unpaired) electrons. The molecule has 0 fully saturated rings. The summed E-state index contributed by atoms with van der Waals surface area (Å²) >= 11 is 6.29. The van der Waals surface area contributed by atoms with Crippen LogP contribution in [0.5, 0.6) is 17.2 Å². The molecule has 158 valence electrons. The highest BCUT2D eigenvalue weighted by molar-refractivity contribution is 6.31. The lowest BCUT2D eigenvalue weighted by Gasteiger charge is -2.20. The van der Waals surface area contributed by atoms with Gasteiger partial charge in [-0.1, -0.05) is 47.1 Å². The van der Waals surface area contributed by atoms with Crippen molar-refractivity contribution >= 4 is 11.6 Å². The SMILES string of the molecule is COc1ccc(Oc2c(Cl)cnn(C(c3ccccc3)c3c(C)noc3C)c2=O)cc1. The summed E-state index contributed by atoms with van der Waals surface area (Å²) < 4.78 is 17.7. The molecule has 2 heterocycles. The monoisotopic (exact) mass is 437 g/mol. The zero-order valence-corrected chi connectivity index (χ0v) is 18.0. The van der Waals surface area contributed by atoms with Crippen molar-refractivity contribution in [2.75, 3.05) is 7.11 Å². The van der Waals surface area contributed by atoms with E-state index < -0.39 is 11.6 Å². The van der Waals surface area contributed by atoms with Gasteiger partial charge in [0.1, 0.15) is 28.3 Å². The van der Waals surface area contributed by atoms with Crippen molar-refractivity contribution in [2.24, 2.45) is 0 Å². The number of ether oxygens (including phenoxy) is 2. The summed E-state index contributed by atoms with van der Waals surface area (Å²) in [6, 6.07) is 15.9. The fraction of sp³-hybridized carbons (Fsp3) is 0.174. The summed E-state index contributed by atoms with van der Waals surface area (Å²) in [6.07, 6.45) is 1.40. The van der Waals surface area contributed by atoms with Crippen LogP contribution in [0.4, 0.5) is 0 Å². The van der Waals surface area contributed by atoms with E-state index in [1.165, 1.54) is 10.9 Å². The minimum Gasteiger partial charge on any atom is -0.497 e. The number of rotatable bonds is 6. The summed E-state index contributed by atoms with van der Waals surface area (Å²) in [5.74, 6) is 1.71. The molecule has 31 heavy (non-hydrogen) atoms. The molecule has 0 aliphatic carbocycles. The van der Waals surface area contributed by atoms with Gasteiger partial charge in [-0.15, -0.1) is 0 Å². The molecule has 0 spiro atoms. The number of aromatic nitrogens is 3. The standard InChI is InChI=1S/C23H20ClN3O4/c1-14-20(15(2)31-26-14)21(16-7-5-4-6-8-16)27-23(28)22(19(24)13-25-27)30-18-11-9-17(29-3)10-12-18/h4-13,21H,1-3H3. The second kappa shape index (κ2) is 8.65. The van der Waals surface area contributed by atoms with E-state index in [1.54, 1.807) is 38.3 Å². The highest BCUT2D eigenvalue weighted by atomic mass is 35.5. The fourth-order valence-corrected chi connectivity index (χ4v) is 3.58. The first-order valence-electron chi connectivity index (χ1n) is 9.56. The number of methoxy groups -OCH3 is 1. The van der Waals surface area contributed by atoms with Gasteiger partial charge in [0.15, 0.2) is 0 Å². The lowest BCUT2D eigenvalue weighted by molar-refractivity contribution is 0.390. The molecule has 4 rings (SSSR count). The molecule has 0 aliphatic heterocycles. The van der Waals surface area contributed by atoms with Gasteiger partial charge < -0.3 is 14.0 Å². The molecule has 2 aromatic heterocycles. The highest BCUT2D eigenvalue weighted by Gasteiger charge is 2.27. The molecule has 0 amide bonds. The van der Waals surface area contributed by atoms with Gasteiger partial charge >= 0.3 is 5.56 Å². The molecule has 0 N–H and O–H groups in total. The Hall–Kier alpha value is -3.58. The van der Waals surface area contributed by atoms with Crippen LogP contribution in [-0.4, -0.2) is 22.0 Å². The number of hydrogen-bond acceptors (Lipinski definition) is 6. The molecule has 2 aromatic carbocycles. The lowest BCUT2D eigenvalue weighted by Crippen LogP contribution is -2.30. The van der Waals surface area contributed by atoms with Gasteiger partial charge in [0, 0.05) is 5.56 Å². The first kappa shape index (κ1) is 20.7. The van der Waals surface area contributed by atoms with E-state index in [2.05, 4.69) is 10.3 Å². The third-order valence-corrected chi connectivity index (χ3v) is 5.19. The molecule has 7 nitrogen and oxygen atoms in total. The molecule has 0 aliphatic rings. The van der Waals surface area contributed by atoms with Crippen molar-refractivity contribution in [1.29, 1.82) is 0 Å². The predicted octanol–water partition coefficient (Wildman–Crippen LogP) is 4.94. The zero-order chi connectivity index (χ0) is 22.0. The average Bonchev–Trinajstić information content (AvgIpc) is 3.12. The van der Waals surface area contributed by atoms with Gasteiger partial charge in [0.25, 0.3) is 0 Å². The van der Waals surface area contributed by atoms with Crippen LogP contribution in [0.3, 0.4) is 0 Å². The minimum atomic E-state index is -0.560. The molecule has 0 saturated carbocycles. The maximum atomic E-state index is 13.5. The van der Waals surface area contributed by atoms with Crippen LogP contribution >= 0.6 is 11.6 Å². The smallest absolute Gasteiger partial charge is 0.312 e. The van der Waals surface area contributed by atoms with E-state index in [0.29, 0.717) is 23.0 Å². The first-order valence-corrected chi connectivity index (χ1v) is 9.94. The van der Waals surface area contributed by atoms with Crippen LogP contribution in [0.1, 0.15) is 28.6 Å². The van der Waals surface area contributed by atoms with E-state index in [9.17, 15) is 4.79 Å². The van der Waals surface area contributed by atoms with E-state index in [-0.39, 0.29) is 10.8 Å². The molecule has 0 bridgehead atoms. The molecule has 4 aromatic rings. The molecule has 0 saturated heterocycles. The Bertz CT molecular complexity index is 1230. The Labute approximate surface area is 183 Å². The Morgan fingerprint density at radius 1 is 1.03 bits per heavy atom. The van der Waals surface area contributed by atoms with Crippen molar-refractivity contribution < 1.29 is 14.0 Å². The largest absolute Gasteiger partial charge is 0.497 e. The highest BCUT2D eigenvalue weighted by Crippen LogP contribution is 2.32. The zero-order valence-electron chi connectivity index (χ0n) is 17.2. The second-order valence-electron chi connectivity index (χ2n) is 6.90. The van der Waals surface area contributed by atoms with Crippen molar-refractivity contribution in [3.05, 3.63) is 98.8 Å². The molecule has 1 unspecified atom stereocenters.